The molecule has 3 aliphatic rings. The topological polar surface area (TPSA) is 90.2 Å². The molecular formula is C23H35NO6. The zero-order valence-corrected chi connectivity index (χ0v) is 18.3. The zero-order chi connectivity index (χ0) is 21.4. The molecule has 0 radical (unpaired) electrons. The van der Waals surface area contributed by atoms with E-state index >= 15 is 0 Å². The molecule has 2 heterocycles. The van der Waals surface area contributed by atoms with Crippen molar-refractivity contribution in [3.05, 3.63) is 24.2 Å². The second kappa shape index (κ2) is 8.61. The number of carbonyl (C=O) groups excluding carboxylic acids is 1. The van der Waals surface area contributed by atoms with Crippen molar-refractivity contribution in [3.8, 4) is 0 Å². The fourth-order valence-electron chi connectivity index (χ4n) is 6.38. The average Bonchev–Trinajstić information content (AvgIpc) is 3.23. The number of hydrogen-bond acceptors (Lipinski definition) is 6. The predicted molar refractivity (Wildman–Crippen MR) is 109 cm³/mol. The Morgan fingerprint density at radius 3 is 2.87 bits per heavy atom. The van der Waals surface area contributed by atoms with E-state index in [2.05, 4.69) is 19.2 Å². The Labute approximate surface area is 178 Å². The van der Waals surface area contributed by atoms with Gasteiger partial charge in [0.2, 0.25) is 5.91 Å². The molecule has 2 N–H and O–H groups in total. The van der Waals surface area contributed by atoms with Crippen LogP contribution >= 0.6 is 0 Å². The van der Waals surface area contributed by atoms with Gasteiger partial charge in [-0.05, 0) is 55.1 Å². The lowest BCUT2D eigenvalue weighted by Crippen LogP contribution is -2.63. The fraction of sp³-hybridized carbons (Fsp3) is 0.783. The van der Waals surface area contributed by atoms with Gasteiger partial charge in [-0.3, -0.25) is 4.79 Å². The first-order valence-corrected chi connectivity index (χ1v) is 11.1. The summed E-state index contributed by atoms with van der Waals surface area (Å²) in [5, 5.41) is 13.8. The lowest BCUT2D eigenvalue weighted by atomic mass is 9.46. The van der Waals surface area contributed by atoms with Gasteiger partial charge in [0.15, 0.2) is 6.29 Å². The van der Waals surface area contributed by atoms with Gasteiger partial charge in [-0.25, -0.2) is 0 Å². The smallest absolute Gasteiger partial charge is 0.220 e. The van der Waals surface area contributed by atoms with Crippen LogP contribution in [0.5, 0.6) is 0 Å². The first kappa shape index (κ1) is 21.8. The van der Waals surface area contributed by atoms with Crippen LogP contribution in [0.2, 0.25) is 0 Å². The third-order valence-corrected chi connectivity index (χ3v) is 7.98. The Hall–Kier alpha value is -1.41. The van der Waals surface area contributed by atoms with Crippen molar-refractivity contribution in [2.45, 2.75) is 71.0 Å². The molecule has 30 heavy (non-hydrogen) atoms. The molecule has 1 aliphatic heterocycles. The van der Waals surface area contributed by atoms with E-state index in [0.717, 1.165) is 25.0 Å². The Balaban J connectivity index is 1.46. The van der Waals surface area contributed by atoms with Gasteiger partial charge in [-0.15, -0.1) is 0 Å². The summed E-state index contributed by atoms with van der Waals surface area (Å²) < 4.78 is 22.8. The summed E-state index contributed by atoms with van der Waals surface area (Å²) in [6.07, 6.45) is 4.74. The van der Waals surface area contributed by atoms with Crippen molar-refractivity contribution in [2.75, 3.05) is 20.3 Å². The van der Waals surface area contributed by atoms with Gasteiger partial charge in [-0.1, -0.05) is 13.8 Å². The summed E-state index contributed by atoms with van der Waals surface area (Å²) >= 11 is 0. The minimum Gasteiger partial charge on any atom is -0.467 e. The summed E-state index contributed by atoms with van der Waals surface area (Å²) in [6.45, 7) is 5.95. The maximum absolute atomic E-state index is 12.7. The highest BCUT2D eigenvalue weighted by molar-refractivity contribution is 5.76. The summed E-state index contributed by atoms with van der Waals surface area (Å²) in [6, 6.07) is 3.65. The van der Waals surface area contributed by atoms with E-state index in [1.54, 1.807) is 13.4 Å². The molecule has 0 aromatic carbocycles. The molecular weight excluding hydrogens is 386 g/mol. The Kier molecular flexibility index (Phi) is 6.26. The van der Waals surface area contributed by atoms with E-state index in [0.29, 0.717) is 38.5 Å². The van der Waals surface area contributed by atoms with Crippen LogP contribution in [0.4, 0.5) is 0 Å². The predicted octanol–water partition coefficient (Wildman–Crippen LogP) is 2.87. The molecule has 7 heteroatoms. The second-order valence-corrected chi connectivity index (χ2v) is 9.73. The number of methoxy groups -OCH3 is 1. The molecule has 1 amide bonds. The van der Waals surface area contributed by atoms with E-state index < -0.39 is 6.10 Å². The Morgan fingerprint density at radius 1 is 1.30 bits per heavy atom. The summed E-state index contributed by atoms with van der Waals surface area (Å²) in [7, 11) is 1.66. The molecule has 7 atom stereocenters. The number of rotatable bonds is 6. The van der Waals surface area contributed by atoms with E-state index in [4.69, 9.17) is 18.6 Å². The van der Waals surface area contributed by atoms with Crippen LogP contribution < -0.4 is 5.32 Å². The average molecular weight is 422 g/mol. The standard InChI is InChI=1S/C23H35NO6/c1-22-9-8-19-23(2,14-29-21(30-19)13-27-3)18(22)7-6-17(25)16(22)11-20(26)24-12-15-5-4-10-28-15/h4-5,10,16-19,21,25H,6-9,11-14H2,1-3H3,(H,24,26)/t16-,17-,18-,19+,21-,22+,23+/m1/s1. The molecule has 1 aromatic heterocycles. The quantitative estimate of drug-likeness (QED) is 0.734. The Bertz CT molecular complexity index is 723. The molecule has 7 nitrogen and oxygen atoms in total. The van der Waals surface area contributed by atoms with Crippen LogP contribution in [-0.2, 0) is 25.5 Å². The zero-order valence-electron chi connectivity index (χ0n) is 18.3. The van der Waals surface area contributed by atoms with Gasteiger partial charge in [-0.2, -0.15) is 0 Å². The SMILES string of the molecule is COC[C@@H]1OC[C@@]2(C)[C@@H]3CC[C@@H](O)[C@@H](CC(=O)NCc4ccco4)[C@]3(C)CC[C@@H]2O1. The highest BCUT2D eigenvalue weighted by Gasteiger charge is 2.61. The van der Waals surface area contributed by atoms with Crippen LogP contribution in [0, 0.1) is 22.7 Å². The van der Waals surface area contributed by atoms with E-state index in [1.165, 1.54) is 0 Å². The van der Waals surface area contributed by atoms with Crippen LogP contribution in [-0.4, -0.2) is 49.8 Å². The molecule has 2 aliphatic carbocycles. The number of ether oxygens (including phenoxy) is 3. The molecule has 168 valence electrons. The minimum atomic E-state index is -0.465. The number of aliphatic hydroxyl groups is 1. The number of fused-ring (bicyclic) bond motifs is 3. The number of nitrogens with one attached hydrogen (secondary N) is 1. The summed E-state index contributed by atoms with van der Waals surface area (Å²) in [5.41, 5.74) is -0.258. The van der Waals surface area contributed by atoms with E-state index in [-0.39, 0.29) is 35.0 Å². The first-order valence-electron chi connectivity index (χ1n) is 11.1. The minimum absolute atomic E-state index is 0.0408. The van der Waals surface area contributed by atoms with Crippen LogP contribution in [0.3, 0.4) is 0 Å². The number of furan rings is 1. The first-order chi connectivity index (χ1) is 14.4. The van der Waals surface area contributed by atoms with E-state index in [1.807, 2.05) is 12.1 Å². The third-order valence-electron chi connectivity index (χ3n) is 7.98. The lowest BCUT2D eigenvalue weighted by molar-refractivity contribution is -0.315. The monoisotopic (exact) mass is 421 g/mol. The normalized spacial score (nSPS) is 41.0. The second-order valence-electron chi connectivity index (χ2n) is 9.73. The Morgan fingerprint density at radius 2 is 2.13 bits per heavy atom. The maximum Gasteiger partial charge on any atom is 0.220 e. The van der Waals surface area contributed by atoms with Gasteiger partial charge >= 0.3 is 0 Å². The highest BCUT2D eigenvalue weighted by Crippen LogP contribution is 2.62. The van der Waals surface area contributed by atoms with Gasteiger partial charge in [0.1, 0.15) is 5.76 Å². The van der Waals surface area contributed by atoms with Gasteiger partial charge < -0.3 is 29.1 Å². The van der Waals surface area contributed by atoms with Crippen molar-refractivity contribution in [2.24, 2.45) is 22.7 Å². The van der Waals surface area contributed by atoms with Crippen LogP contribution in [0.1, 0.15) is 51.7 Å². The van der Waals surface area contributed by atoms with Crippen LogP contribution in [0.25, 0.3) is 0 Å². The molecule has 2 saturated carbocycles. The maximum atomic E-state index is 12.7. The molecule has 0 spiro atoms. The van der Waals surface area contributed by atoms with Crippen molar-refractivity contribution in [1.29, 1.82) is 0 Å². The number of aliphatic hydroxyl groups excluding tert-OH is 1. The lowest BCUT2D eigenvalue weighted by Gasteiger charge is -2.62. The highest BCUT2D eigenvalue weighted by atomic mass is 16.7. The molecule has 1 aromatic rings. The van der Waals surface area contributed by atoms with Crippen molar-refractivity contribution < 1.29 is 28.5 Å². The fourth-order valence-corrected chi connectivity index (χ4v) is 6.38. The molecule has 4 rings (SSSR count). The number of carbonyl (C=O) groups is 1. The molecule has 0 bridgehead atoms. The van der Waals surface area contributed by atoms with Crippen molar-refractivity contribution in [3.63, 3.8) is 0 Å². The van der Waals surface area contributed by atoms with Crippen molar-refractivity contribution >= 4 is 5.91 Å². The van der Waals surface area contributed by atoms with Gasteiger partial charge in [0.05, 0.1) is 38.2 Å². The van der Waals surface area contributed by atoms with Crippen LogP contribution in [0.15, 0.2) is 22.8 Å². The molecule has 1 saturated heterocycles. The van der Waals surface area contributed by atoms with Gasteiger partial charge in [0, 0.05) is 18.9 Å². The molecule has 3 fully saturated rings. The summed E-state index contributed by atoms with van der Waals surface area (Å²) in [4.78, 5) is 12.7. The van der Waals surface area contributed by atoms with Gasteiger partial charge in [0.25, 0.3) is 0 Å². The molecule has 0 unspecified atom stereocenters. The third kappa shape index (κ3) is 3.93. The summed E-state index contributed by atoms with van der Waals surface area (Å²) in [5.74, 6) is 0.938. The van der Waals surface area contributed by atoms with E-state index in [9.17, 15) is 9.90 Å². The van der Waals surface area contributed by atoms with Crippen molar-refractivity contribution in [1.82, 2.24) is 5.32 Å². The largest absolute Gasteiger partial charge is 0.467 e. The number of hydrogen-bond donors (Lipinski definition) is 2. The number of amides is 1.